The Labute approximate surface area is 154 Å². The van der Waals surface area contributed by atoms with Crippen LogP contribution in [0, 0.1) is 5.92 Å². The Bertz CT molecular complexity index is 1180. The third kappa shape index (κ3) is 2.13. The molecule has 3 aromatic rings. The summed E-state index contributed by atoms with van der Waals surface area (Å²) >= 11 is 1.44. The van der Waals surface area contributed by atoms with Crippen LogP contribution in [0.15, 0.2) is 64.4 Å². The molecule has 0 N–H and O–H groups in total. The zero-order chi connectivity index (χ0) is 17.9. The van der Waals surface area contributed by atoms with Gasteiger partial charge in [-0.3, -0.25) is 9.36 Å². The molecule has 4 nitrogen and oxygen atoms in total. The van der Waals surface area contributed by atoms with Gasteiger partial charge in [-0.1, -0.05) is 66.8 Å². The normalized spacial score (nSPS) is 26.5. The highest BCUT2D eigenvalue weighted by Crippen LogP contribution is 2.46. The van der Waals surface area contributed by atoms with Crippen LogP contribution in [0.2, 0.25) is 0 Å². The van der Waals surface area contributed by atoms with E-state index in [0.29, 0.717) is 4.53 Å². The zero-order valence-electron chi connectivity index (χ0n) is 14.5. The van der Waals surface area contributed by atoms with Crippen molar-refractivity contribution in [2.45, 2.75) is 25.6 Å². The molecule has 0 aliphatic carbocycles. The summed E-state index contributed by atoms with van der Waals surface area (Å²) in [6.45, 7) is 4.12. The van der Waals surface area contributed by atoms with E-state index in [1.165, 1.54) is 11.3 Å². The van der Waals surface area contributed by atoms with Crippen molar-refractivity contribution in [3.05, 3.63) is 85.4 Å². The van der Waals surface area contributed by atoms with Crippen LogP contribution in [0.3, 0.4) is 0 Å². The standard InChI is InChI=1S/C21H18N2O2S/c1-13-18-15-10-6-7-11-16(15)25-21(13,2)22-20-23(18)19(24)17(26-20)12-14-8-4-3-5-9-14/h3-13,18H,1-2H3/b17-12-/t13-,18+,21+/m1/s1. The third-order valence-corrected chi connectivity index (χ3v) is 6.39. The van der Waals surface area contributed by atoms with E-state index in [1.54, 1.807) is 0 Å². The van der Waals surface area contributed by atoms with Crippen molar-refractivity contribution in [2.75, 3.05) is 0 Å². The molecule has 0 radical (unpaired) electrons. The molecular formula is C21H18N2O2S. The predicted octanol–water partition coefficient (Wildman–Crippen LogP) is 2.71. The quantitative estimate of drug-likeness (QED) is 0.668. The van der Waals surface area contributed by atoms with Crippen molar-refractivity contribution < 1.29 is 4.74 Å². The van der Waals surface area contributed by atoms with Gasteiger partial charge < -0.3 is 4.74 Å². The lowest BCUT2D eigenvalue weighted by atomic mass is 9.83. The summed E-state index contributed by atoms with van der Waals surface area (Å²) in [6, 6.07) is 17.8. The highest BCUT2D eigenvalue weighted by molar-refractivity contribution is 7.07. The fraction of sp³-hybridized carbons (Fsp3) is 0.238. The molecule has 2 aliphatic heterocycles. The minimum atomic E-state index is -0.652. The van der Waals surface area contributed by atoms with Crippen molar-refractivity contribution >= 4 is 17.4 Å². The smallest absolute Gasteiger partial charge is 0.270 e. The Morgan fingerprint density at radius 2 is 1.88 bits per heavy atom. The van der Waals surface area contributed by atoms with Crippen molar-refractivity contribution in [2.24, 2.45) is 10.9 Å². The molecule has 130 valence electrons. The molecular weight excluding hydrogens is 344 g/mol. The van der Waals surface area contributed by atoms with E-state index in [2.05, 4.69) is 13.0 Å². The monoisotopic (exact) mass is 362 g/mol. The van der Waals surface area contributed by atoms with Gasteiger partial charge in [-0.25, -0.2) is 4.99 Å². The van der Waals surface area contributed by atoms with E-state index < -0.39 is 5.72 Å². The maximum absolute atomic E-state index is 13.2. The highest BCUT2D eigenvalue weighted by atomic mass is 32.1. The maximum atomic E-state index is 13.2. The molecule has 1 aromatic heterocycles. The Kier molecular flexibility index (Phi) is 3.25. The molecule has 0 fully saturated rings. The minimum absolute atomic E-state index is 0.0215. The number of aromatic nitrogens is 1. The average molecular weight is 362 g/mol. The Hall–Kier alpha value is -2.66. The first-order valence-electron chi connectivity index (χ1n) is 8.73. The van der Waals surface area contributed by atoms with Gasteiger partial charge in [0.2, 0.25) is 5.72 Å². The molecule has 0 saturated heterocycles. The second kappa shape index (κ2) is 5.42. The first-order valence-corrected chi connectivity index (χ1v) is 9.54. The van der Waals surface area contributed by atoms with Gasteiger partial charge in [0, 0.05) is 11.5 Å². The number of para-hydroxylation sites is 1. The minimum Gasteiger partial charge on any atom is -0.466 e. The van der Waals surface area contributed by atoms with Crippen LogP contribution < -0.4 is 19.6 Å². The van der Waals surface area contributed by atoms with Crippen molar-refractivity contribution in [3.63, 3.8) is 0 Å². The van der Waals surface area contributed by atoms with Gasteiger partial charge in [0.15, 0.2) is 4.80 Å². The molecule has 0 spiro atoms. The van der Waals surface area contributed by atoms with E-state index >= 15 is 0 Å². The second-order valence-electron chi connectivity index (χ2n) is 7.02. The molecule has 5 rings (SSSR count). The van der Waals surface area contributed by atoms with Crippen LogP contribution in [0.1, 0.15) is 31.0 Å². The lowest BCUT2D eigenvalue weighted by Gasteiger charge is -2.45. The topological polar surface area (TPSA) is 43.6 Å². The molecule has 2 aliphatic rings. The number of hydrogen-bond acceptors (Lipinski definition) is 4. The molecule has 26 heavy (non-hydrogen) atoms. The van der Waals surface area contributed by atoms with E-state index in [1.807, 2.05) is 66.1 Å². The van der Waals surface area contributed by atoms with Crippen LogP contribution in [-0.2, 0) is 0 Å². The molecule has 0 amide bonds. The molecule has 0 saturated carbocycles. The van der Waals surface area contributed by atoms with Gasteiger partial charge in [-0.2, -0.15) is 0 Å². The fourth-order valence-electron chi connectivity index (χ4n) is 3.88. The van der Waals surface area contributed by atoms with Crippen LogP contribution in [0.5, 0.6) is 5.75 Å². The predicted molar refractivity (Wildman–Crippen MR) is 102 cm³/mol. The van der Waals surface area contributed by atoms with E-state index in [4.69, 9.17) is 9.73 Å². The van der Waals surface area contributed by atoms with E-state index in [-0.39, 0.29) is 17.5 Å². The van der Waals surface area contributed by atoms with Gasteiger partial charge in [-0.05, 0) is 24.6 Å². The van der Waals surface area contributed by atoms with Crippen molar-refractivity contribution in [1.29, 1.82) is 0 Å². The SMILES string of the molecule is C[C@@H]1[C@H]2c3ccccc3O[C@]1(C)N=c1s/c(=C\c3ccccc3)c(=O)n12. The summed E-state index contributed by atoms with van der Waals surface area (Å²) in [5.74, 6) is 0.890. The summed E-state index contributed by atoms with van der Waals surface area (Å²) in [7, 11) is 0. The van der Waals surface area contributed by atoms with E-state index in [9.17, 15) is 4.79 Å². The summed E-state index contributed by atoms with van der Waals surface area (Å²) in [5.41, 5.74) is 1.44. The highest BCUT2D eigenvalue weighted by Gasteiger charge is 2.48. The van der Waals surface area contributed by atoms with Gasteiger partial charge in [0.25, 0.3) is 5.56 Å². The number of fused-ring (bicyclic) bond motifs is 6. The average Bonchev–Trinajstić information content (AvgIpc) is 2.91. The maximum Gasteiger partial charge on any atom is 0.270 e. The van der Waals surface area contributed by atoms with Crippen LogP contribution in [0.4, 0.5) is 0 Å². The molecule has 5 heteroatoms. The molecule has 2 aromatic carbocycles. The van der Waals surface area contributed by atoms with E-state index in [0.717, 1.165) is 21.7 Å². The number of nitrogens with zero attached hydrogens (tertiary/aromatic N) is 2. The lowest BCUT2D eigenvalue weighted by molar-refractivity contribution is -0.0121. The zero-order valence-corrected chi connectivity index (χ0v) is 15.4. The number of thiazole rings is 1. The van der Waals surface area contributed by atoms with Crippen LogP contribution in [-0.4, -0.2) is 10.3 Å². The Balaban J connectivity index is 1.80. The summed E-state index contributed by atoms with van der Waals surface area (Å²) in [4.78, 5) is 18.8. The van der Waals surface area contributed by atoms with Gasteiger partial charge in [0.05, 0.1) is 10.6 Å². The number of ether oxygens (including phenoxy) is 1. The van der Waals surface area contributed by atoms with Gasteiger partial charge in [-0.15, -0.1) is 0 Å². The summed E-state index contributed by atoms with van der Waals surface area (Å²) in [5, 5.41) is 0. The van der Waals surface area contributed by atoms with Crippen molar-refractivity contribution in [3.8, 4) is 5.75 Å². The first-order chi connectivity index (χ1) is 12.6. The Morgan fingerprint density at radius 3 is 2.69 bits per heavy atom. The summed E-state index contributed by atoms with van der Waals surface area (Å²) in [6.07, 6.45) is 1.94. The van der Waals surface area contributed by atoms with Crippen LogP contribution >= 0.6 is 11.3 Å². The lowest BCUT2D eigenvalue weighted by Crippen LogP contribution is -2.54. The molecule has 3 atom stereocenters. The largest absolute Gasteiger partial charge is 0.466 e. The fourth-order valence-corrected chi connectivity index (χ4v) is 4.98. The Morgan fingerprint density at radius 1 is 1.15 bits per heavy atom. The first kappa shape index (κ1) is 15.6. The number of hydrogen-bond donors (Lipinski definition) is 0. The molecule has 3 heterocycles. The third-order valence-electron chi connectivity index (χ3n) is 5.40. The van der Waals surface area contributed by atoms with Crippen LogP contribution in [0.25, 0.3) is 6.08 Å². The van der Waals surface area contributed by atoms with Gasteiger partial charge >= 0.3 is 0 Å². The van der Waals surface area contributed by atoms with Crippen molar-refractivity contribution in [1.82, 2.24) is 4.57 Å². The van der Waals surface area contributed by atoms with Gasteiger partial charge in [0.1, 0.15) is 5.75 Å². The molecule has 2 bridgehead atoms. The number of benzene rings is 2. The summed E-state index contributed by atoms with van der Waals surface area (Å²) < 4.78 is 8.80. The number of rotatable bonds is 1. The molecule has 0 unspecified atom stereocenters. The second-order valence-corrected chi connectivity index (χ2v) is 8.03.